The van der Waals surface area contributed by atoms with Crippen LogP contribution >= 0.6 is 0 Å². The minimum absolute atomic E-state index is 0.0228. The van der Waals surface area contributed by atoms with Gasteiger partial charge < -0.3 is 19.7 Å². The molecule has 0 bridgehead atoms. The summed E-state index contributed by atoms with van der Waals surface area (Å²) in [6.07, 6.45) is 48.2. The molecule has 0 saturated carbocycles. The van der Waals surface area contributed by atoms with E-state index in [4.69, 9.17) is 9.47 Å². The Labute approximate surface area is 374 Å². The topological polar surface area (TPSA) is 93.1 Å². The lowest BCUT2D eigenvalue weighted by Crippen LogP contribution is -2.13. The molecule has 0 aromatic heterocycles. The van der Waals surface area contributed by atoms with Gasteiger partial charge in [0.1, 0.15) is 0 Å². The van der Waals surface area contributed by atoms with Gasteiger partial charge in [-0.2, -0.15) is 0 Å². The molecule has 2 N–H and O–H groups in total. The lowest BCUT2D eigenvalue weighted by Gasteiger charge is -2.14. The molecule has 4 unspecified atom stereocenters. The van der Waals surface area contributed by atoms with Crippen LogP contribution < -0.4 is 0 Å². The van der Waals surface area contributed by atoms with E-state index in [-0.39, 0.29) is 25.2 Å². The highest BCUT2D eigenvalue weighted by molar-refractivity contribution is 5.69. The summed E-state index contributed by atoms with van der Waals surface area (Å²) in [4.78, 5) is 23.8. The third kappa shape index (κ3) is 44.4. The van der Waals surface area contributed by atoms with E-state index in [1.807, 2.05) is 0 Å². The van der Waals surface area contributed by atoms with Crippen LogP contribution in [-0.4, -0.2) is 48.6 Å². The second-order valence-electron chi connectivity index (χ2n) is 18.0. The quantitative estimate of drug-likeness (QED) is 0.0360. The Hall–Kier alpha value is -1.66. The highest BCUT2D eigenvalue weighted by atomic mass is 16.5. The van der Waals surface area contributed by atoms with Gasteiger partial charge in [-0.05, 0) is 87.9 Å². The smallest absolute Gasteiger partial charge is 0.305 e. The fourth-order valence-corrected chi connectivity index (χ4v) is 7.58. The van der Waals surface area contributed by atoms with E-state index in [0.29, 0.717) is 49.7 Å². The zero-order valence-electron chi connectivity index (χ0n) is 41.0. The third-order valence-electron chi connectivity index (χ3n) is 12.2. The molecule has 0 aliphatic heterocycles. The molecule has 356 valence electrons. The minimum atomic E-state index is -0.0230. The number of aliphatic hydroxyl groups is 2. The fourth-order valence-electron chi connectivity index (χ4n) is 7.58. The van der Waals surface area contributed by atoms with Crippen LogP contribution in [0.15, 0.2) is 24.3 Å². The second-order valence-corrected chi connectivity index (χ2v) is 18.0. The Morgan fingerprint density at radius 1 is 0.417 bits per heavy atom. The number of unbranched alkanes of at least 4 members (excludes halogenated alkanes) is 20. The molecule has 60 heavy (non-hydrogen) atoms. The summed E-state index contributed by atoms with van der Waals surface area (Å²) in [5.41, 5.74) is 0. The molecule has 0 rings (SSSR count). The van der Waals surface area contributed by atoms with Gasteiger partial charge in [0.25, 0.3) is 0 Å². The highest BCUT2D eigenvalue weighted by Crippen LogP contribution is 2.18. The van der Waals surface area contributed by atoms with Crippen molar-refractivity contribution < 1.29 is 29.3 Å². The molecule has 0 aliphatic rings. The van der Waals surface area contributed by atoms with Crippen molar-refractivity contribution >= 4 is 11.9 Å². The molecule has 0 heterocycles. The van der Waals surface area contributed by atoms with E-state index >= 15 is 0 Å². The maximum absolute atomic E-state index is 11.9. The van der Waals surface area contributed by atoms with Crippen LogP contribution in [0.1, 0.15) is 260 Å². The normalized spacial score (nSPS) is 13.6. The molecular weight excluding hydrogens is 745 g/mol. The first kappa shape index (κ1) is 60.4. The first-order valence-corrected chi connectivity index (χ1v) is 26.2. The summed E-state index contributed by atoms with van der Waals surface area (Å²) in [5.74, 6) is 1.66. The van der Waals surface area contributed by atoms with Crippen molar-refractivity contribution in [3.8, 4) is 0 Å². The minimum Gasteiger partial charge on any atom is -0.465 e. The summed E-state index contributed by atoms with van der Waals surface area (Å²) in [6, 6.07) is 0. The SMILES string of the molecule is CCCCCCC/C=C/C(CO)CCCCCCCC(=O)OCC(CC)CCCC.CCCCCCCCC(/C=C/CCCCCCC(=O)OCC(CC)CCCC)CO. The number of ether oxygens (including phenoxy) is 2. The van der Waals surface area contributed by atoms with Gasteiger partial charge in [0.2, 0.25) is 0 Å². The largest absolute Gasteiger partial charge is 0.465 e. The van der Waals surface area contributed by atoms with Gasteiger partial charge in [0.05, 0.1) is 13.2 Å². The summed E-state index contributed by atoms with van der Waals surface area (Å²) in [5, 5.41) is 19.1. The van der Waals surface area contributed by atoms with Gasteiger partial charge in [-0.1, -0.05) is 207 Å². The van der Waals surface area contributed by atoms with Crippen molar-refractivity contribution in [2.45, 2.75) is 260 Å². The lowest BCUT2D eigenvalue weighted by atomic mass is 9.99. The number of carbonyl (C=O) groups excluding carboxylic acids is 2. The Balaban J connectivity index is 0. The van der Waals surface area contributed by atoms with Crippen molar-refractivity contribution in [3.63, 3.8) is 0 Å². The average Bonchev–Trinajstić information content (AvgIpc) is 3.26. The number of esters is 2. The molecule has 0 radical (unpaired) electrons. The van der Waals surface area contributed by atoms with Gasteiger partial charge in [-0.3, -0.25) is 9.59 Å². The van der Waals surface area contributed by atoms with E-state index in [1.54, 1.807) is 0 Å². The van der Waals surface area contributed by atoms with Crippen molar-refractivity contribution in [3.05, 3.63) is 24.3 Å². The maximum Gasteiger partial charge on any atom is 0.305 e. The first-order valence-electron chi connectivity index (χ1n) is 26.2. The van der Waals surface area contributed by atoms with Crippen LogP contribution in [0.25, 0.3) is 0 Å². The zero-order chi connectivity index (χ0) is 44.6. The van der Waals surface area contributed by atoms with Gasteiger partial charge in [-0.15, -0.1) is 0 Å². The van der Waals surface area contributed by atoms with Crippen molar-refractivity contribution in [1.82, 2.24) is 0 Å². The van der Waals surface area contributed by atoms with Crippen LogP contribution in [0.4, 0.5) is 0 Å². The predicted octanol–water partition coefficient (Wildman–Crippen LogP) is 16.0. The number of rotatable bonds is 44. The van der Waals surface area contributed by atoms with Crippen LogP contribution in [0.2, 0.25) is 0 Å². The lowest BCUT2D eigenvalue weighted by molar-refractivity contribution is -0.146. The van der Waals surface area contributed by atoms with E-state index in [1.165, 1.54) is 122 Å². The molecule has 6 nitrogen and oxygen atoms in total. The average molecular weight is 849 g/mol. The van der Waals surface area contributed by atoms with Crippen LogP contribution in [0.3, 0.4) is 0 Å². The molecule has 0 aromatic carbocycles. The molecular formula is C54H104O6. The highest BCUT2D eigenvalue weighted by Gasteiger charge is 2.11. The monoisotopic (exact) mass is 849 g/mol. The van der Waals surface area contributed by atoms with E-state index < -0.39 is 0 Å². The molecule has 0 amide bonds. The third-order valence-corrected chi connectivity index (χ3v) is 12.2. The van der Waals surface area contributed by atoms with Crippen molar-refractivity contribution in [2.24, 2.45) is 23.7 Å². The Bertz CT molecular complexity index is 931. The molecule has 0 aromatic rings. The van der Waals surface area contributed by atoms with Crippen LogP contribution in [-0.2, 0) is 19.1 Å². The van der Waals surface area contributed by atoms with Crippen LogP contribution in [0.5, 0.6) is 0 Å². The Morgan fingerprint density at radius 2 is 0.750 bits per heavy atom. The zero-order valence-corrected chi connectivity index (χ0v) is 41.0. The molecule has 0 spiro atoms. The Kier molecular flexibility index (Phi) is 50.3. The number of hydrogen-bond donors (Lipinski definition) is 2. The predicted molar refractivity (Wildman–Crippen MR) is 259 cm³/mol. The van der Waals surface area contributed by atoms with Gasteiger partial charge >= 0.3 is 11.9 Å². The maximum atomic E-state index is 11.9. The molecule has 0 saturated heterocycles. The van der Waals surface area contributed by atoms with E-state index in [0.717, 1.165) is 83.5 Å². The number of allylic oxidation sites excluding steroid dienone is 2. The second kappa shape index (κ2) is 50.0. The summed E-state index contributed by atoms with van der Waals surface area (Å²) >= 11 is 0. The standard InChI is InChI=1S/2C27H52O3/c1-4-7-9-10-13-16-20-26(23-28)21-17-14-11-12-15-18-22-27(29)30-24-25(6-3)19-8-5-2;1-4-7-9-10-11-13-16-20-26(23-28)21-17-14-12-15-18-22-27(29)30-24-25(6-3)19-8-5-2/h17,21,25-26,28H,4-16,18-20,22-24H2,1-3H3;16,20,25-26,28H,4-15,17-19,21-24H2,1-3H3/b21-17+;20-16+. The van der Waals surface area contributed by atoms with Crippen LogP contribution in [0, 0.1) is 23.7 Å². The van der Waals surface area contributed by atoms with E-state index in [2.05, 4.69) is 65.8 Å². The molecule has 0 aliphatic carbocycles. The molecule has 6 heteroatoms. The number of carbonyl (C=O) groups is 2. The first-order chi connectivity index (χ1) is 29.3. The Morgan fingerprint density at radius 3 is 1.10 bits per heavy atom. The van der Waals surface area contributed by atoms with E-state index in [9.17, 15) is 19.8 Å². The van der Waals surface area contributed by atoms with Gasteiger partial charge in [-0.25, -0.2) is 0 Å². The summed E-state index contributed by atoms with van der Waals surface area (Å²) < 4.78 is 10.9. The fraction of sp³-hybridized carbons (Fsp3) is 0.889. The van der Waals surface area contributed by atoms with Gasteiger partial charge in [0.15, 0.2) is 0 Å². The molecule has 0 fully saturated rings. The number of aliphatic hydroxyl groups excluding tert-OH is 2. The molecule has 4 atom stereocenters. The summed E-state index contributed by atoms with van der Waals surface area (Å²) in [7, 11) is 0. The van der Waals surface area contributed by atoms with Gasteiger partial charge in [0, 0.05) is 26.1 Å². The van der Waals surface area contributed by atoms with Crippen molar-refractivity contribution in [1.29, 1.82) is 0 Å². The van der Waals surface area contributed by atoms with Crippen molar-refractivity contribution in [2.75, 3.05) is 26.4 Å². The number of hydrogen-bond acceptors (Lipinski definition) is 6. The summed E-state index contributed by atoms with van der Waals surface area (Å²) in [6.45, 7) is 15.0.